The monoisotopic (exact) mass is 397 g/mol. The number of nitrogens with zero attached hydrogens (tertiary/aromatic N) is 1. The zero-order valence-corrected chi connectivity index (χ0v) is 17.0. The summed E-state index contributed by atoms with van der Waals surface area (Å²) < 4.78 is 0. The van der Waals surface area contributed by atoms with Crippen molar-refractivity contribution in [2.75, 3.05) is 11.9 Å². The molecule has 3 aromatic rings. The number of hydrogen-bond acceptors (Lipinski definition) is 2. The zero-order valence-electron chi connectivity index (χ0n) is 16.3. The number of aryl methyl sites for hydroxylation is 1. The second-order valence-electron chi connectivity index (χ2n) is 7.39. The van der Waals surface area contributed by atoms with Crippen LogP contribution < -0.4 is 10.9 Å². The predicted molar refractivity (Wildman–Crippen MR) is 115 cm³/mol. The standard InChI is InChI=1S/C22H24ClN3O2/c1-14(2)12-26(22(28)25-20-9-8-15(3)10-18(20)23)13-16-11-21(27)24-19-7-5-4-6-17(16)19/h4-11,14H,12-13H2,1-3H3,(H,24,27)(H,25,28). The molecule has 0 bridgehead atoms. The maximum atomic E-state index is 13.0. The molecule has 2 N–H and O–H groups in total. The fraction of sp³-hybridized carbons (Fsp3) is 0.273. The average molecular weight is 398 g/mol. The summed E-state index contributed by atoms with van der Waals surface area (Å²) in [5.41, 5.74) is 2.99. The number of urea groups is 1. The van der Waals surface area contributed by atoms with E-state index in [1.165, 1.54) is 0 Å². The van der Waals surface area contributed by atoms with Gasteiger partial charge in [-0.1, -0.05) is 49.7 Å². The largest absolute Gasteiger partial charge is 0.322 e. The lowest BCUT2D eigenvalue weighted by atomic mass is 10.1. The molecule has 6 heteroatoms. The van der Waals surface area contributed by atoms with Gasteiger partial charge in [-0.25, -0.2) is 4.79 Å². The molecule has 0 spiro atoms. The van der Waals surface area contributed by atoms with Crippen molar-refractivity contribution in [2.45, 2.75) is 27.3 Å². The molecule has 3 rings (SSSR count). The van der Waals surface area contributed by atoms with Crippen LogP contribution in [0.25, 0.3) is 10.9 Å². The van der Waals surface area contributed by atoms with Gasteiger partial charge in [-0.3, -0.25) is 4.79 Å². The number of amides is 2. The fourth-order valence-electron chi connectivity index (χ4n) is 3.19. The first-order valence-corrected chi connectivity index (χ1v) is 9.64. The van der Waals surface area contributed by atoms with Crippen LogP contribution in [0, 0.1) is 12.8 Å². The Morgan fingerprint density at radius 3 is 2.64 bits per heavy atom. The van der Waals surface area contributed by atoms with Gasteiger partial charge in [0.1, 0.15) is 0 Å². The predicted octanol–water partition coefficient (Wildman–Crippen LogP) is 5.18. The van der Waals surface area contributed by atoms with Crippen LogP contribution in [0.4, 0.5) is 10.5 Å². The second kappa shape index (κ2) is 8.48. The molecule has 0 aliphatic carbocycles. The number of halogens is 1. The van der Waals surface area contributed by atoms with Crippen molar-refractivity contribution in [2.24, 2.45) is 5.92 Å². The molecule has 1 aromatic heterocycles. The number of H-pyrrole nitrogens is 1. The highest BCUT2D eigenvalue weighted by Crippen LogP contribution is 2.24. The van der Waals surface area contributed by atoms with E-state index < -0.39 is 0 Å². The van der Waals surface area contributed by atoms with Crippen LogP contribution in [0.3, 0.4) is 0 Å². The summed E-state index contributed by atoms with van der Waals surface area (Å²) in [7, 11) is 0. The zero-order chi connectivity index (χ0) is 20.3. The first kappa shape index (κ1) is 20.0. The number of aromatic nitrogens is 1. The highest BCUT2D eigenvalue weighted by atomic mass is 35.5. The van der Waals surface area contributed by atoms with Crippen molar-refractivity contribution in [3.05, 3.63) is 75.0 Å². The molecule has 28 heavy (non-hydrogen) atoms. The summed E-state index contributed by atoms with van der Waals surface area (Å²) in [6.45, 7) is 6.93. The number of benzene rings is 2. The minimum Gasteiger partial charge on any atom is -0.322 e. The van der Waals surface area contributed by atoms with Crippen molar-refractivity contribution < 1.29 is 4.79 Å². The molecule has 0 aliphatic heterocycles. The van der Waals surface area contributed by atoms with Crippen LogP contribution in [0.15, 0.2) is 53.3 Å². The third-order valence-corrected chi connectivity index (χ3v) is 4.75. The third kappa shape index (κ3) is 4.73. The van der Waals surface area contributed by atoms with E-state index in [-0.39, 0.29) is 17.5 Å². The molecule has 0 fully saturated rings. The number of anilines is 1. The van der Waals surface area contributed by atoms with E-state index in [1.54, 1.807) is 17.0 Å². The molecular weight excluding hydrogens is 374 g/mol. The van der Waals surface area contributed by atoms with Crippen molar-refractivity contribution in [3.63, 3.8) is 0 Å². The topological polar surface area (TPSA) is 65.2 Å². The minimum absolute atomic E-state index is 0.180. The van der Waals surface area contributed by atoms with Gasteiger partial charge in [0, 0.05) is 30.1 Å². The van der Waals surface area contributed by atoms with Crippen LogP contribution in [0.1, 0.15) is 25.0 Å². The lowest BCUT2D eigenvalue weighted by molar-refractivity contribution is 0.202. The normalized spacial score (nSPS) is 11.0. The number of fused-ring (bicyclic) bond motifs is 1. The molecule has 1 heterocycles. The Labute approximate surface area is 169 Å². The van der Waals surface area contributed by atoms with Crippen LogP contribution in [0.2, 0.25) is 5.02 Å². The lowest BCUT2D eigenvalue weighted by Crippen LogP contribution is -2.37. The van der Waals surface area contributed by atoms with Gasteiger partial charge in [0.2, 0.25) is 5.56 Å². The Hall–Kier alpha value is -2.79. The fourth-order valence-corrected chi connectivity index (χ4v) is 3.47. The van der Waals surface area contributed by atoms with E-state index in [2.05, 4.69) is 24.1 Å². The van der Waals surface area contributed by atoms with E-state index in [1.807, 2.05) is 43.3 Å². The summed E-state index contributed by atoms with van der Waals surface area (Å²) in [5, 5.41) is 4.32. The molecule has 5 nitrogen and oxygen atoms in total. The van der Waals surface area contributed by atoms with Crippen molar-refractivity contribution in [1.82, 2.24) is 9.88 Å². The Bertz CT molecular complexity index is 1060. The molecule has 0 saturated carbocycles. The van der Waals surface area contributed by atoms with Gasteiger partial charge in [-0.05, 0) is 42.2 Å². The molecular formula is C22H24ClN3O2. The molecule has 0 unspecified atom stereocenters. The maximum absolute atomic E-state index is 13.0. The highest BCUT2D eigenvalue weighted by Gasteiger charge is 2.18. The van der Waals surface area contributed by atoms with E-state index >= 15 is 0 Å². The number of carbonyl (C=O) groups is 1. The molecule has 2 aromatic carbocycles. The number of para-hydroxylation sites is 1. The van der Waals surface area contributed by atoms with Crippen molar-refractivity contribution in [1.29, 1.82) is 0 Å². The molecule has 0 radical (unpaired) electrons. The Morgan fingerprint density at radius 1 is 1.18 bits per heavy atom. The number of rotatable bonds is 5. The van der Waals surface area contributed by atoms with Gasteiger partial charge in [0.25, 0.3) is 0 Å². The minimum atomic E-state index is -0.246. The van der Waals surface area contributed by atoms with E-state index in [0.717, 1.165) is 22.0 Å². The number of aromatic amines is 1. The van der Waals surface area contributed by atoms with Crippen LogP contribution >= 0.6 is 11.6 Å². The first-order valence-electron chi connectivity index (χ1n) is 9.26. The van der Waals surface area contributed by atoms with Crippen molar-refractivity contribution in [3.8, 4) is 0 Å². The lowest BCUT2D eigenvalue weighted by Gasteiger charge is -2.26. The number of hydrogen-bond donors (Lipinski definition) is 2. The molecule has 2 amide bonds. The van der Waals surface area contributed by atoms with E-state index in [9.17, 15) is 9.59 Å². The highest BCUT2D eigenvalue weighted by molar-refractivity contribution is 6.33. The van der Waals surface area contributed by atoms with Gasteiger partial charge in [-0.2, -0.15) is 0 Å². The Balaban J connectivity index is 1.90. The van der Waals surface area contributed by atoms with Crippen LogP contribution in [-0.4, -0.2) is 22.5 Å². The maximum Gasteiger partial charge on any atom is 0.322 e. The quantitative estimate of drug-likeness (QED) is 0.623. The van der Waals surface area contributed by atoms with E-state index in [0.29, 0.717) is 23.8 Å². The van der Waals surface area contributed by atoms with Gasteiger partial charge < -0.3 is 15.2 Å². The molecule has 0 saturated heterocycles. The Kier molecular flexibility index (Phi) is 6.05. The summed E-state index contributed by atoms with van der Waals surface area (Å²) in [4.78, 5) is 29.6. The summed E-state index contributed by atoms with van der Waals surface area (Å²) in [6.07, 6.45) is 0. The third-order valence-electron chi connectivity index (χ3n) is 4.44. The van der Waals surface area contributed by atoms with E-state index in [4.69, 9.17) is 11.6 Å². The summed E-state index contributed by atoms with van der Waals surface area (Å²) >= 11 is 6.26. The number of nitrogens with one attached hydrogen (secondary N) is 2. The Morgan fingerprint density at radius 2 is 1.93 bits per heavy atom. The summed E-state index contributed by atoms with van der Waals surface area (Å²) in [5.74, 6) is 0.271. The van der Waals surface area contributed by atoms with Crippen molar-refractivity contribution >= 4 is 34.2 Å². The number of pyridine rings is 1. The number of carbonyl (C=O) groups excluding carboxylic acids is 1. The van der Waals surface area contributed by atoms with Gasteiger partial charge in [0.15, 0.2) is 0 Å². The van der Waals surface area contributed by atoms with Crippen LogP contribution in [0.5, 0.6) is 0 Å². The van der Waals surface area contributed by atoms with Gasteiger partial charge in [-0.15, -0.1) is 0 Å². The van der Waals surface area contributed by atoms with Gasteiger partial charge >= 0.3 is 6.03 Å². The SMILES string of the molecule is Cc1ccc(NC(=O)N(Cc2cc(=O)[nH]c3ccccc23)CC(C)C)c(Cl)c1. The molecule has 146 valence electrons. The summed E-state index contributed by atoms with van der Waals surface area (Å²) in [6, 6.07) is 14.4. The van der Waals surface area contributed by atoms with Crippen LogP contribution in [-0.2, 0) is 6.54 Å². The van der Waals surface area contributed by atoms with Gasteiger partial charge in [0.05, 0.1) is 10.7 Å². The molecule has 0 aliphatic rings. The first-order chi connectivity index (χ1) is 13.3. The average Bonchev–Trinajstić information content (AvgIpc) is 2.63. The smallest absolute Gasteiger partial charge is 0.322 e. The molecule has 0 atom stereocenters. The second-order valence-corrected chi connectivity index (χ2v) is 7.80.